The van der Waals surface area contributed by atoms with E-state index in [1.807, 2.05) is 6.20 Å². The third kappa shape index (κ3) is 3.46. The molecule has 0 unspecified atom stereocenters. The lowest BCUT2D eigenvalue weighted by Gasteiger charge is -2.10. The summed E-state index contributed by atoms with van der Waals surface area (Å²) in [4.78, 5) is 12.2. The number of ether oxygens (including phenoxy) is 1. The number of methoxy groups -OCH3 is 1. The summed E-state index contributed by atoms with van der Waals surface area (Å²) in [5, 5.41) is 2.74. The molecule has 106 valence electrons. The number of rotatable bonds is 5. The highest BCUT2D eigenvalue weighted by Gasteiger charge is 2.12. The number of amides is 1. The van der Waals surface area contributed by atoms with Crippen LogP contribution < -0.4 is 5.32 Å². The van der Waals surface area contributed by atoms with Crippen LogP contribution in [0.1, 0.15) is 10.5 Å². The molecule has 1 N–H and O–H groups in total. The van der Waals surface area contributed by atoms with Crippen molar-refractivity contribution in [3.05, 3.63) is 52.5 Å². The molecule has 0 spiro atoms. The number of hydrogen-bond donors (Lipinski definition) is 1. The van der Waals surface area contributed by atoms with Gasteiger partial charge in [0.2, 0.25) is 0 Å². The van der Waals surface area contributed by atoms with Crippen LogP contribution in [0.5, 0.6) is 0 Å². The van der Waals surface area contributed by atoms with E-state index in [2.05, 4.69) is 21.2 Å². The van der Waals surface area contributed by atoms with Gasteiger partial charge in [-0.15, -0.1) is 0 Å². The molecule has 0 atom stereocenters. The molecular formula is C14H14BrFN2O2. The molecule has 0 bridgehead atoms. The second-order valence-corrected chi connectivity index (χ2v) is 5.01. The lowest BCUT2D eigenvalue weighted by molar-refractivity contribution is 0.101. The van der Waals surface area contributed by atoms with Crippen LogP contribution in [-0.2, 0) is 11.3 Å². The normalized spacial score (nSPS) is 10.6. The molecule has 0 saturated carbocycles. The average Bonchev–Trinajstić information content (AvgIpc) is 2.88. The van der Waals surface area contributed by atoms with Gasteiger partial charge >= 0.3 is 0 Å². The predicted molar refractivity (Wildman–Crippen MR) is 78.4 cm³/mol. The van der Waals surface area contributed by atoms with Crippen LogP contribution in [0.25, 0.3) is 0 Å². The van der Waals surface area contributed by atoms with E-state index in [1.165, 1.54) is 18.2 Å². The van der Waals surface area contributed by atoms with E-state index < -0.39 is 0 Å². The standard InChI is InChI=1S/C14H14BrFN2O2/c1-20-8-7-18-6-2-3-13(18)14(19)17-12-5-4-10(16)9-11(12)15/h2-6,9H,7-8H2,1H3,(H,17,19). The van der Waals surface area contributed by atoms with Gasteiger partial charge in [-0.1, -0.05) is 0 Å². The molecule has 2 rings (SSSR count). The van der Waals surface area contributed by atoms with Crippen LogP contribution in [-0.4, -0.2) is 24.2 Å². The van der Waals surface area contributed by atoms with Crippen molar-refractivity contribution < 1.29 is 13.9 Å². The molecule has 0 aliphatic carbocycles. The van der Waals surface area contributed by atoms with Gasteiger partial charge in [-0.2, -0.15) is 0 Å². The molecule has 20 heavy (non-hydrogen) atoms. The molecule has 1 aromatic carbocycles. The van der Waals surface area contributed by atoms with E-state index in [9.17, 15) is 9.18 Å². The van der Waals surface area contributed by atoms with E-state index in [0.29, 0.717) is 29.0 Å². The molecule has 1 aromatic heterocycles. The van der Waals surface area contributed by atoms with Gasteiger partial charge in [0.05, 0.1) is 12.3 Å². The maximum Gasteiger partial charge on any atom is 0.272 e. The quantitative estimate of drug-likeness (QED) is 0.907. The minimum absolute atomic E-state index is 0.251. The highest BCUT2D eigenvalue weighted by molar-refractivity contribution is 9.10. The van der Waals surface area contributed by atoms with E-state index >= 15 is 0 Å². The highest BCUT2D eigenvalue weighted by atomic mass is 79.9. The number of carbonyl (C=O) groups excluding carboxylic acids is 1. The molecule has 4 nitrogen and oxygen atoms in total. The number of carbonyl (C=O) groups is 1. The van der Waals surface area contributed by atoms with Crippen LogP contribution in [0.15, 0.2) is 41.0 Å². The Morgan fingerprint density at radius 3 is 2.95 bits per heavy atom. The fraction of sp³-hybridized carbons (Fsp3) is 0.214. The first-order valence-electron chi connectivity index (χ1n) is 6.02. The van der Waals surface area contributed by atoms with Crippen molar-refractivity contribution in [2.24, 2.45) is 0 Å². The summed E-state index contributed by atoms with van der Waals surface area (Å²) >= 11 is 3.22. The minimum atomic E-state index is -0.363. The third-order valence-electron chi connectivity index (χ3n) is 2.78. The van der Waals surface area contributed by atoms with Crippen LogP contribution in [0.4, 0.5) is 10.1 Å². The number of nitrogens with zero attached hydrogens (tertiary/aromatic N) is 1. The zero-order chi connectivity index (χ0) is 14.5. The van der Waals surface area contributed by atoms with Crippen LogP contribution in [0.3, 0.4) is 0 Å². The van der Waals surface area contributed by atoms with E-state index in [1.54, 1.807) is 23.8 Å². The SMILES string of the molecule is COCCn1cccc1C(=O)Nc1ccc(F)cc1Br. The number of benzene rings is 1. The van der Waals surface area contributed by atoms with Gasteiger partial charge < -0.3 is 14.6 Å². The fourth-order valence-electron chi connectivity index (χ4n) is 1.78. The van der Waals surface area contributed by atoms with Crippen molar-refractivity contribution in [3.8, 4) is 0 Å². The maximum absolute atomic E-state index is 13.0. The lowest BCUT2D eigenvalue weighted by Crippen LogP contribution is -2.18. The Balaban J connectivity index is 2.14. The topological polar surface area (TPSA) is 43.3 Å². The van der Waals surface area contributed by atoms with E-state index in [4.69, 9.17) is 4.74 Å². The Hall–Kier alpha value is -1.66. The van der Waals surface area contributed by atoms with Crippen molar-refractivity contribution in [1.29, 1.82) is 0 Å². The monoisotopic (exact) mass is 340 g/mol. The first-order chi connectivity index (χ1) is 9.61. The molecule has 0 aliphatic heterocycles. The van der Waals surface area contributed by atoms with Gasteiger partial charge in [-0.05, 0) is 46.3 Å². The number of hydrogen-bond acceptors (Lipinski definition) is 2. The van der Waals surface area contributed by atoms with Crippen molar-refractivity contribution >= 4 is 27.5 Å². The van der Waals surface area contributed by atoms with E-state index in [0.717, 1.165) is 0 Å². The van der Waals surface area contributed by atoms with Gasteiger partial charge in [0, 0.05) is 24.3 Å². The first kappa shape index (κ1) is 14.7. The van der Waals surface area contributed by atoms with Crippen LogP contribution >= 0.6 is 15.9 Å². The van der Waals surface area contributed by atoms with E-state index in [-0.39, 0.29) is 11.7 Å². The maximum atomic E-state index is 13.0. The molecular weight excluding hydrogens is 327 g/mol. The summed E-state index contributed by atoms with van der Waals surface area (Å²) in [6, 6.07) is 7.64. The van der Waals surface area contributed by atoms with Crippen molar-refractivity contribution in [2.45, 2.75) is 6.54 Å². The summed E-state index contributed by atoms with van der Waals surface area (Å²) in [5.41, 5.74) is 1.05. The fourth-order valence-corrected chi connectivity index (χ4v) is 2.23. The van der Waals surface area contributed by atoms with Gasteiger partial charge in [0.1, 0.15) is 11.5 Å². The lowest BCUT2D eigenvalue weighted by atomic mass is 10.3. The second kappa shape index (κ2) is 6.67. The van der Waals surface area contributed by atoms with Crippen LogP contribution in [0.2, 0.25) is 0 Å². The molecule has 1 amide bonds. The number of halogens is 2. The Bertz CT molecular complexity index is 613. The summed E-state index contributed by atoms with van der Waals surface area (Å²) < 4.78 is 20.3. The van der Waals surface area contributed by atoms with Gasteiger partial charge in [0.15, 0.2) is 0 Å². The Morgan fingerprint density at radius 2 is 2.25 bits per heavy atom. The molecule has 6 heteroatoms. The van der Waals surface area contributed by atoms with Gasteiger partial charge in [-0.3, -0.25) is 4.79 Å². The molecule has 1 heterocycles. The summed E-state index contributed by atoms with van der Waals surface area (Å²) in [6.07, 6.45) is 1.81. The second-order valence-electron chi connectivity index (χ2n) is 4.16. The highest BCUT2D eigenvalue weighted by Crippen LogP contribution is 2.23. The minimum Gasteiger partial charge on any atom is -0.383 e. The van der Waals surface area contributed by atoms with Crippen molar-refractivity contribution in [2.75, 3.05) is 19.0 Å². The summed E-state index contributed by atoms with van der Waals surface area (Å²) in [7, 11) is 1.61. The number of anilines is 1. The number of nitrogens with one attached hydrogen (secondary N) is 1. The Labute approximate surface area is 124 Å². The zero-order valence-corrected chi connectivity index (χ0v) is 12.5. The average molecular weight is 341 g/mol. The van der Waals surface area contributed by atoms with Crippen LogP contribution in [0, 0.1) is 5.82 Å². The molecule has 0 fully saturated rings. The molecule has 2 aromatic rings. The number of aromatic nitrogens is 1. The molecule has 0 aliphatic rings. The van der Waals surface area contributed by atoms with Gasteiger partial charge in [-0.25, -0.2) is 4.39 Å². The summed E-state index contributed by atoms with van der Waals surface area (Å²) in [5.74, 6) is -0.614. The zero-order valence-electron chi connectivity index (χ0n) is 10.9. The predicted octanol–water partition coefficient (Wildman–Crippen LogP) is 3.29. The smallest absolute Gasteiger partial charge is 0.272 e. The Morgan fingerprint density at radius 1 is 1.45 bits per heavy atom. The molecule has 0 radical (unpaired) electrons. The Kier molecular flexibility index (Phi) is 4.92. The summed E-state index contributed by atoms with van der Waals surface area (Å²) in [6.45, 7) is 1.12. The third-order valence-corrected chi connectivity index (χ3v) is 3.43. The van der Waals surface area contributed by atoms with Crippen molar-refractivity contribution in [1.82, 2.24) is 4.57 Å². The first-order valence-corrected chi connectivity index (χ1v) is 6.81. The van der Waals surface area contributed by atoms with Crippen molar-refractivity contribution in [3.63, 3.8) is 0 Å². The molecule has 0 saturated heterocycles. The van der Waals surface area contributed by atoms with Gasteiger partial charge in [0.25, 0.3) is 5.91 Å². The largest absolute Gasteiger partial charge is 0.383 e.